The van der Waals surface area contributed by atoms with Crippen molar-refractivity contribution < 1.29 is 9.32 Å². The lowest BCUT2D eigenvalue weighted by Crippen LogP contribution is -2.12. The summed E-state index contributed by atoms with van der Waals surface area (Å²) < 4.78 is 5.20. The highest BCUT2D eigenvalue weighted by Gasteiger charge is 2.23. The molecular formula is C19H19N3O2S. The summed E-state index contributed by atoms with van der Waals surface area (Å²) in [4.78, 5) is 18.3. The highest BCUT2D eigenvalue weighted by molar-refractivity contribution is 7.15. The van der Waals surface area contributed by atoms with Gasteiger partial charge in [0.15, 0.2) is 5.13 Å². The van der Waals surface area contributed by atoms with Crippen molar-refractivity contribution in [3.8, 4) is 11.3 Å². The van der Waals surface area contributed by atoms with Crippen LogP contribution in [0, 0.1) is 5.92 Å². The fourth-order valence-corrected chi connectivity index (χ4v) is 4.25. The van der Waals surface area contributed by atoms with Gasteiger partial charge in [0.1, 0.15) is 5.69 Å². The highest BCUT2D eigenvalue weighted by atomic mass is 32.1. The number of benzene rings is 1. The van der Waals surface area contributed by atoms with E-state index in [9.17, 15) is 4.79 Å². The Morgan fingerprint density at radius 1 is 1.36 bits per heavy atom. The monoisotopic (exact) mass is 353 g/mol. The molecule has 0 saturated heterocycles. The number of nitrogens with one attached hydrogen (secondary N) is 1. The zero-order valence-electron chi connectivity index (χ0n) is 14.0. The summed E-state index contributed by atoms with van der Waals surface area (Å²) in [5, 5.41) is 7.47. The van der Waals surface area contributed by atoms with Crippen LogP contribution in [0.3, 0.4) is 0 Å². The Balaban J connectivity index is 1.48. The summed E-state index contributed by atoms with van der Waals surface area (Å²) in [5.41, 5.74) is 2.70. The number of hydrogen-bond donors (Lipinski definition) is 1. The van der Waals surface area contributed by atoms with E-state index < -0.39 is 0 Å². The summed E-state index contributed by atoms with van der Waals surface area (Å²) in [5.74, 6) is 0.616. The van der Waals surface area contributed by atoms with Crippen molar-refractivity contribution in [3.05, 3.63) is 52.7 Å². The number of rotatable bonds is 4. The van der Waals surface area contributed by atoms with Crippen LogP contribution in [0.25, 0.3) is 11.3 Å². The first-order valence-corrected chi connectivity index (χ1v) is 9.36. The predicted octanol–water partition coefficient (Wildman–Crippen LogP) is 4.57. The first-order chi connectivity index (χ1) is 12.2. The third-order valence-electron chi connectivity index (χ3n) is 4.64. The van der Waals surface area contributed by atoms with Gasteiger partial charge in [-0.1, -0.05) is 48.8 Å². The van der Waals surface area contributed by atoms with Crippen molar-refractivity contribution in [2.75, 3.05) is 5.32 Å². The number of hydrogen-bond acceptors (Lipinski definition) is 5. The third kappa shape index (κ3) is 3.35. The predicted molar refractivity (Wildman–Crippen MR) is 97.8 cm³/mol. The van der Waals surface area contributed by atoms with Gasteiger partial charge in [0.25, 0.3) is 5.91 Å². The lowest BCUT2D eigenvalue weighted by molar-refractivity contribution is 0.0988. The molecule has 1 aliphatic carbocycles. The molecule has 2 aromatic heterocycles. The van der Waals surface area contributed by atoms with Crippen LogP contribution in [0.1, 0.15) is 40.9 Å². The lowest BCUT2D eigenvalue weighted by Gasteiger charge is -2.18. The molecule has 1 atom stereocenters. The average Bonchev–Trinajstić information content (AvgIpc) is 3.28. The highest BCUT2D eigenvalue weighted by Crippen LogP contribution is 2.33. The Labute approximate surface area is 150 Å². The van der Waals surface area contributed by atoms with Crippen LogP contribution in [0.4, 0.5) is 5.13 Å². The Morgan fingerprint density at radius 3 is 3.00 bits per heavy atom. The van der Waals surface area contributed by atoms with E-state index >= 15 is 0 Å². The smallest absolute Gasteiger partial charge is 0.296 e. The van der Waals surface area contributed by atoms with Gasteiger partial charge in [-0.15, -0.1) is 11.3 Å². The zero-order chi connectivity index (χ0) is 17.2. The number of carbonyl (C=O) groups excluding carboxylic acids is 1. The van der Waals surface area contributed by atoms with E-state index in [0.717, 1.165) is 30.0 Å². The zero-order valence-corrected chi connectivity index (χ0v) is 14.8. The summed E-state index contributed by atoms with van der Waals surface area (Å²) in [6.45, 7) is 2.23. The second kappa shape index (κ2) is 6.80. The van der Waals surface area contributed by atoms with Gasteiger partial charge in [-0.05, 0) is 25.2 Å². The topological polar surface area (TPSA) is 68.0 Å². The lowest BCUT2D eigenvalue weighted by atomic mass is 9.89. The quantitative estimate of drug-likeness (QED) is 0.746. The van der Waals surface area contributed by atoms with E-state index in [1.54, 1.807) is 17.4 Å². The third-order valence-corrected chi connectivity index (χ3v) is 5.68. The van der Waals surface area contributed by atoms with Crippen LogP contribution in [0.2, 0.25) is 0 Å². The Morgan fingerprint density at radius 2 is 2.20 bits per heavy atom. The van der Waals surface area contributed by atoms with Crippen molar-refractivity contribution >= 4 is 22.4 Å². The first-order valence-electron chi connectivity index (χ1n) is 8.55. The summed E-state index contributed by atoms with van der Waals surface area (Å²) in [7, 11) is 0. The van der Waals surface area contributed by atoms with Crippen molar-refractivity contribution in [3.63, 3.8) is 0 Å². The van der Waals surface area contributed by atoms with Gasteiger partial charge in [0, 0.05) is 16.5 Å². The largest absolute Gasteiger partial charge is 0.350 e. The van der Waals surface area contributed by atoms with E-state index in [1.165, 1.54) is 17.7 Å². The Kier molecular flexibility index (Phi) is 4.36. The minimum atomic E-state index is -0.312. The number of carbonyl (C=O) groups is 1. The molecule has 0 saturated carbocycles. The van der Waals surface area contributed by atoms with Crippen LogP contribution in [0.5, 0.6) is 0 Å². The molecule has 0 aliphatic heterocycles. The number of fused-ring (bicyclic) bond motifs is 1. The molecule has 0 fully saturated rings. The second-order valence-corrected chi connectivity index (χ2v) is 7.39. The minimum Gasteiger partial charge on any atom is -0.350 e. The number of aryl methyl sites for hydroxylation is 1. The van der Waals surface area contributed by atoms with Crippen LogP contribution in [-0.2, 0) is 12.8 Å². The van der Waals surface area contributed by atoms with Gasteiger partial charge in [0.2, 0.25) is 5.76 Å². The maximum atomic E-state index is 12.4. The van der Waals surface area contributed by atoms with Crippen molar-refractivity contribution in [1.29, 1.82) is 0 Å². The number of thiazole rings is 1. The molecule has 5 nitrogen and oxygen atoms in total. The van der Waals surface area contributed by atoms with Gasteiger partial charge in [-0.25, -0.2) is 4.98 Å². The average molecular weight is 353 g/mol. The summed E-state index contributed by atoms with van der Waals surface area (Å²) in [6, 6.07) is 11.3. The number of anilines is 1. The molecule has 6 heteroatoms. The van der Waals surface area contributed by atoms with Gasteiger partial charge >= 0.3 is 0 Å². The Hall–Kier alpha value is -2.47. The maximum absolute atomic E-state index is 12.4. The number of amides is 1. The maximum Gasteiger partial charge on any atom is 0.296 e. The normalized spacial score (nSPS) is 16.4. The SMILES string of the molecule is CCC1CCc2nc(NC(=O)c3cc(-c4ccccc4)no3)sc2C1. The molecule has 3 aromatic rings. The van der Waals surface area contributed by atoms with Crippen LogP contribution in [-0.4, -0.2) is 16.0 Å². The molecular weight excluding hydrogens is 334 g/mol. The van der Waals surface area contributed by atoms with E-state index in [0.29, 0.717) is 10.8 Å². The van der Waals surface area contributed by atoms with E-state index in [4.69, 9.17) is 4.52 Å². The van der Waals surface area contributed by atoms with Gasteiger partial charge in [-0.2, -0.15) is 0 Å². The van der Waals surface area contributed by atoms with Crippen molar-refractivity contribution in [2.45, 2.75) is 32.6 Å². The minimum absolute atomic E-state index is 0.193. The molecule has 1 aromatic carbocycles. The van der Waals surface area contributed by atoms with Crippen molar-refractivity contribution in [2.24, 2.45) is 5.92 Å². The summed E-state index contributed by atoms with van der Waals surface area (Å²) in [6.07, 6.45) is 4.45. The molecule has 0 radical (unpaired) electrons. The fourth-order valence-electron chi connectivity index (χ4n) is 3.13. The molecule has 0 spiro atoms. The molecule has 4 rings (SSSR count). The molecule has 2 heterocycles. The van der Waals surface area contributed by atoms with E-state index in [2.05, 4.69) is 22.4 Å². The molecule has 0 bridgehead atoms. The van der Waals surface area contributed by atoms with E-state index in [-0.39, 0.29) is 11.7 Å². The standard InChI is InChI=1S/C19H19N3O2S/c1-2-12-8-9-14-17(10-12)25-19(20-14)21-18(23)16-11-15(22-24-16)13-6-4-3-5-7-13/h3-7,11-12H,2,8-10H2,1H3,(H,20,21,23). The molecule has 1 amide bonds. The summed E-state index contributed by atoms with van der Waals surface area (Å²) >= 11 is 1.58. The molecule has 1 unspecified atom stereocenters. The second-order valence-electron chi connectivity index (χ2n) is 6.30. The van der Waals surface area contributed by atoms with Gasteiger partial charge in [0.05, 0.1) is 5.69 Å². The van der Waals surface area contributed by atoms with Gasteiger partial charge in [-0.3, -0.25) is 10.1 Å². The van der Waals surface area contributed by atoms with Crippen LogP contribution < -0.4 is 5.32 Å². The molecule has 25 heavy (non-hydrogen) atoms. The van der Waals surface area contributed by atoms with E-state index in [1.807, 2.05) is 30.3 Å². The fraction of sp³-hybridized carbons (Fsp3) is 0.316. The first kappa shape index (κ1) is 16.0. The van der Waals surface area contributed by atoms with Crippen LogP contribution in [0.15, 0.2) is 40.9 Å². The van der Waals surface area contributed by atoms with Crippen molar-refractivity contribution in [1.82, 2.24) is 10.1 Å². The molecule has 1 N–H and O–H groups in total. The van der Waals surface area contributed by atoms with Crippen LogP contribution >= 0.6 is 11.3 Å². The van der Waals surface area contributed by atoms with Gasteiger partial charge < -0.3 is 4.52 Å². The number of aromatic nitrogens is 2. The molecule has 128 valence electrons. The number of nitrogens with zero attached hydrogens (tertiary/aromatic N) is 2. The Bertz CT molecular complexity index is 885. The molecule has 1 aliphatic rings.